The highest BCUT2D eigenvalue weighted by Crippen LogP contribution is 2.48. The molecule has 2 aromatic carbocycles. The molecule has 2 fully saturated rings. The van der Waals surface area contributed by atoms with Gasteiger partial charge in [-0.05, 0) is 50.9 Å². The van der Waals surface area contributed by atoms with E-state index < -0.39 is 95.7 Å². The van der Waals surface area contributed by atoms with Gasteiger partial charge >= 0.3 is 24.0 Å². The Kier molecular flexibility index (Phi) is 10.3. The number of esters is 2. The van der Waals surface area contributed by atoms with E-state index in [4.69, 9.17) is 24.5 Å². The number of benzene rings is 2. The zero-order valence-electron chi connectivity index (χ0n) is 25.6. The number of phenols is 2. The third kappa shape index (κ3) is 7.22. The minimum atomic E-state index is -5.32. The number of ether oxygens (including phenoxy) is 4. The van der Waals surface area contributed by atoms with Crippen molar-refractivity contribution in [2.75, 3.05) is 7.11 Å². The molecule has 1 amide bonds. The molecule has 2 aliphatic rings. The van der Waals surface area contributed by atoms with E-state index >= 15 is 0 Å². The first-order valence-electron chi connectivity index (χ1n) is 14.4. The number of nitrogens with one attached hydrogen (secondary N) is 1. The number of carbonyl (C=O) groups excluding carboxylic acids is 3. The lowest BCUT2D eigenvalue weighted by molar-refractivity contribution is -0.187. The molecule has 0 aliphatic carbocycles. The van der Waals surface area contributed by atoms with Crippen LogP contribution in [0.25, 0.3) is 10.4 Å². The van der Waals surface area contributed by atoms with Crippen LogP contribution in [0.1, 0.15) is 77.7 Å². The highest BCUT2D eigenvalue weighted by atomic mass is 19.4. The van der Waals surface area contributed by atoms with Gasteiger partial charge in [-0.2, -0.15) is 13.2 Å². The lowest BCUT2D eigenvalue weighted by atomic mass is 9.79. The second-order valence-corrected chi connectivity index (χ2v) is 11.5. The van der Waals surface area contributed by atoms with Gasteiger partial charge in [-0.3, -0.25) is 4.79 Å². The number of aliphatic hydroxyl groups excluding tert-OH is 1. The summed E-state index contributed by atoms with van der Waals surface area (Å²) in [6.07, 6.45) is -13.4. The van der Waals surface area contributed by atoms with Crippen LogP contribution >= 0.6 is 0 Å². The number of carbonyl (C=O) groups is 3. The molecule has 2 heterocycles. The molecule has 0 saturated carbocycles. The minimum absolute atomic E-state index is 0.0840. The number of nitrogens with zero attached hydrogens (tertiary/aromatic N) is 3. The van der Waals surface area contributed by atoms with Gasteiger partial charge in [0.05, 0.1) is 54.8 Å². The molecule has 254 valence electrons. The van der Waals surface area contributed by atoms with Gasteiger partial charge in [-0.25, -0.2) is 9.59 Å². The Labute approximate surface area is 266 Å². The van der Waals surface area contributed by atoms with Crippen molar-refractivity contribution in [2.24, 2.45) is 5.11 Å². The number of hydrogen-bond acceptors (Lipinski definition) is 11. The molecule has 0 unspecified atom stereocenters. The number of phenolic OH excluding ortho intramolecular Hbond substituents is 2. The van der Waals surface area contributed by atoms with Crippen LogP contribution in [0.4, 0.5) is 13.2 Å². The smallest absolute Gasteiger partial charge is 0.471 e. The fourth-order valence-electron chi connectivity index (χ4n) is 5.96. The van der Waals surface area contributed by atoms with Crippen LogP contribution in [-0.2, 0) is 23.7 Å². The van der Waals surface area contributed by atoms with Gasteiger partial charge in [0.1, 0.15) is 17.1 Å². The summed E-state index contributed by atoms with van der Waals surface area (Å²) in [6, 6.07) is 7.77. The summed E-state index contributed by atoms with van der Waals surface area (Å²) in [5.41, 5.74) is 6.03. The average molecular weight is 667 g/mol. The first kappa shape index (κ1) is 35.3. The molecular formula is C30H33F3N4O10. The topological polar surface area (TPSA) is 210 Å². The maximum Gasteiger partial charge on any atom is 0.471 e. The molecule has 2 aliphatic heterocycles. The number of rotatable bonds is 7. The monoisotopic (exact) mass is 666 g/mol. The quantitative estimate of drug-likeness (QED) is 0.143. The molecule has 14 nitrogen and oxygen atoms in total. The largest absolute Gasteiger partial charge is 0.507 e. The third-order valence-corrected chi connectivity index (χ3v) is 8.27. The van der Waals surface area contributed by atoms with Crippen molar-refractivity contribution < 1.29 is 61.8 Å². The van der Waals surface area contributed by atoms with Gasteiger partial charge in [-0.1, -0.05) is 23.3 Å². The van der Waals surface area contributed by atoms with Gasteiger partial charge in [0.2, 0.25) is 0 Å². The molecule has 0 radical (unpaired) electrons. The van der Waals surface area contributed by atoms with Gasteiger partial charge in [0, 0.05) is 22.5 Å². The van der Waals surface area contributed by atoms with E-state index in [-0.39, 0.29) is 23.1 Å². The van der Waals surface area contributed by atoms with Gasteiger partial charge in [0.15, 0.2) is 6.10 Å². The second-order valence-electron chi connectivity index (χ2n) is 11.5. The predicted molar refractivity (Wildman–Crippen MR) is 154 cm³/mol. The lowest BCUT2D eigenvalue weighted by Gasteiger charge is -2.47. The zero-order chi connectivity index (χ0) is 34.8. The Morgan fingerprint density at radius 1 is 1.04 bits per heavy atom. The maximum absolute atomic E-state index is 13.5. The Morgan fingerprint density at radius 2 is 1.64 bits per heavy atom. The summed E-state index contributed by atoms with van der Waals surface area (Å²) >= 11 is 0. The highest BCUT2D eigenvalue weighted by molar-refractivity contribution is 5.96. The summed E-state index contributed by atoms with van der Waals surface area (Å²) in [7, 11) is 0.982. The average Bonchev–Trinajstić information content (AvgIpc) is 3.01. The van der Waals surface area contributed by atoms with Crippen molar-refractivity contribution in [1.82, 2.24) is 5.32 Å². The Bertz CT molecular complexity index is 1570. The molecule has 4 N–H and O–H groups in total. The van der Waals surface area contributed by atoms with E-state index in [1.807, 2.05) is 5.32 Å². The van der Waals surface area contributed by atoms with Crippen LogP contribution in [0.5, 0.6) is 11.5 Å². The summed E-state index contributed by atoms with van der Waals surface area (Å²) in [4.78, 5) is 40.8. The van der Waals surface area contributed by atoms with Crippen LogP contribution in [-0.4, -0.2) is 82.4 Å². The van der Waals surface area contributed by atoms with Crippen LogP contribution < -0.4 is 5.32 Å². The SMILES string of the molecule is COC(=O)c1c(O)c([C@@H]2C[C@](C)(NC(=O)C(F)(F)F)[C@H](OC(=O)c3ccccc3)[C@H](C)O2)cc([C@H]2C[C@H](N=[N+]=[N-])[C@H](O)[C@@H](C)O2)c1O. The van der Waals surface area contributed by atoms with Gasteiger partial charge in [0.25, 0.3) is 0 Å². The number of alkyl halides is 3. The lowest BCUT2D eigenvalue weighted by Crippen LogP contribution is -2.64. The summed E-state index contributed by atoms with van der Waals surface area (Å²) in [6.45, 7) is 4.07. The van der Waals surface area contributed by atoms with Crippen LogP contribution in [0, 0.1) is 0 Å². The molecule has 2 aromatic rings. The molecule has 0 spiro atoms. The van der Waals surface area contributed by atoms with E-state index in [0.717, 1.165) is 7.11 Å². The fraction of sp³-hybridized carbons (Fsp3) is 0.500. The van der Waals surface area contributed by atoms with E-state index in [9.17, 15) is 42.9 Å². The minimum Gasteiger partial charge on any atom is -0.507 e. The van der Waals surface area contributed by atoms with Gasteiger partial charge in [-0.15, -0.1) is 0 Å². The molecule has 0 aromatic heterocycles. The summed E-state index contributed by atoms with van der Waals surface area (Å²) < 4.78 is 62.8. The predicted octanol–water partition coefficient (Wildman–Crippen LogP) is 4.29. The number of hydrogen-bond donors (Lipinski definition) is 4. The fourth-order valence-corrected chi connectivity index (χ4v) is 5.96. The van der Waals surface area contributed by atoms with Crippen molar-refractivity contribution in [2.45, 2.75) is 88.0 Å². The number of aromatic hydroxyl groups is 2. The molecule has 0 bridgehead atoms. The highest BCUT2D eigenvalue weighted by Gasteiger charge is 2.53. The molecule has 17 heteroatoms. The zero-order valence-corrected chi connectivity index (χ0v) is 25.6. The molecule has 8 atom stereocenters. The Morgan fingerprint density at radius 3 is 2.21 bits per heavy atom. The number of halogens is 3. The van der Waals surface area contributed by atoms with E-state index in [1.165, 1.54) is 39.0 Å². The summed E-state index contributed by atoms with van der Waals surface area (Å²) in [5.74, 6) is -6.02. The Hall–Kier alpha value is -4.57. The van der Waals surface area contributed by atoms with Crippen molar-refractivity contribution in [3.8, 4) is 11.5 Å². The molecule has 4 rings (SSSR count). The van der Waals surface area contributed by atoms with Crippen LogP contribution in [0.3, 0.4) is 0 Å². The first-order chi connectivity index (χ1) is 22.0. The van der Waals surface area contributed by atoms with Crippen molar-refractivity contribution >= 4 is 17.8 Å². The molecular weight excluding hydrogens is 633 g/mol. The molecule has 2 saturated heterocycles. The second kappa shape index (κ2) is 13.7. The van der Waals surface area contributed by atoms with Crippen LogP contribution in [0.15, 0.2) is 41.5 Å². The number of methoxy groups -OCH3 is 1. The van der Waals surface area contributed by atoms with E-state index in [1.54, 1.807) is 18.2 Å². The maximum atomic E-state index is 13.5. The molecule has 47 heavy (non-hydrogen) atoms. The summed E-state index contributed by atoms with van der Waals surface area (Å²) in [5, 5.41) is 38.3. The first-order valence-corrected chi connectivity index (χ1v) is 14.4. The normalized spacial score (nSPS) is 29.2. The van der Waals surface area contributed by atoms with Crippen molar-refractivity contribution in [1.29, 1.82) is 0 Å². The number of amides is 1. The Balaban J connectivity index is 1.81. The standard InChI is InChI=1S/C30H33F3N4O10/c1-13-22(38)18(36-37-34)11-19(45-13)16-10-17(24(40)21(23(16)39)27(42)44-4)20-12-29(3,35-28(43)30(31,32)33)25(14(2)46-20)47-26(41)15-8-6-5-7-9-15/h5-10,13-14,18-20,22,25,38-40H,11-12H2,1-4H3,(H,35,43)/t13-,14+,18+,19-,20+,22-,25-,29+/m1/s1. The van der Waals surface area contributed by atoms with Gasteiger partial charge < -0.3 is 39.6 Å². The van der Waals surface area contributed by atoms with Crippen molar-refractivity contribution in [3.05, 3.63) is 69.1 Å². The van der Waals surface area contributed by atoms with Crippen LogP contribution in [0.2, 0.25) is 0 Å². The van der Waals surface area contributed by atoms with E-state index in [0.29, 0.717) is 0 Å². The number of azide groups is 1. The van der Waals surface area contributed by atoms with E-state index in [2.05, 4.69) is 10.0 Å². The van der Waals surface area contributed by atoms with Crippen molar-refractivity contribution in [3.63, 3.8) is 0 Å². The number of aliphatic hydroxyl groups is 1. The third-order valence-electron chi connectivity index (χ3n) is 8.27.